The first-order valence-electron chi connectivity index (χ1n) is 11.0. The van der Waals surface area contributed by atoms with Crippen LogP contribution in [0.3, 0.4) is 0 Å². The van der Waals surface area contributed by atoms with E-state index in [4.69, 9.17) is 24.4 Å². The van der Waals surface area contributed by atoms with Gasteiger partial charge in [0.15, 0.2) is 5.65 Å². The maximum Gasteiger partial charge on any atom is 0.228 e. The van der Waals surface area contributed by atoms with Crippen LogP contribution < -0.4 is 15.0 Å². The van der Waals surface area contributed by atoms with Crippen molar-refractivity contribution in [1.29, 1.82) is 0 Å². The monoisotopic (exact) mass is 418 g/mol. The Morgan fingerprint density at radius 2 is 1.87 bits per heavy atom. The standard InChI is InChI=1S/C23H26N6O2/c1-30-18-7-5-15(6-8-18)20-21-22(29(14-25-21)19-4-2-3-9-31-19)27-23(26-20)28-12-16-10-24-11-17(16)13-28/h5-8,14,19,24H,2-4,9-13H2,1H3. The molecule has 1 N–H and O–H groups in total. The SMILES string of the molecule is COc1ccc(-c2nc(N3CC4=C(CNC4)C3)nc3c2ncn3C2CCCCO2)cc1. The third-order valence-corrected chi connectivity index (χ3v) is 6.46. The van der Waals surface area contributed by atoms with Gasteiger partial charge in [-0.15, -0.1) is 0 Å². The van der Waals surface area contributed by atoms with Gasteiger partial charge in [0.1, 0.15) is 23.2 Å². The van der Waals surface area contributed by atoms with Crippen molar-refractivity contribution in [2.45, 2.75) is 25.5 Å². The molecule has 5 heterocycles. The molecule has 3 aromatic rings. The molecule has 0 spiro atoms. The highest BCUT2D eigenvalue weighted by molar-refractivity contribution is 5.88. The van der Waals surface area contributed by atoms with Gasteiger partial charge in [0.2, 0.25) is 5.95 Å². The fraction of sp³-hybridized carbons (Fsp3) is 0.435. The summed E-state index contributed by atoms with van der Waals surface area (Å²) in [7, 11) is 1.68. The Kier molecular flexibility index (Phi) is 4.61. The molecule has 8 heteroatoms. The highest BCUT2D eigenvalue weighted by Crippen LogP contribution is 2.33. The van der Waals surface area contributed by atoms with E-state index in [0.717, 1.165) is 86.2 Å². The fourth-order valence-electron chi connectivity index (χ4n) is 4.76. The largest absolute Gasteiger partial charge is 0.497 e. The Hall–Kier alpha value is -2.97. The predicted octanol–water partition coefficient (Wildman–Crippen LogP) is 2.92. The van der Waals surface area contributed by atoms with Crippen molar-refractivity contribution in [3.05, 3.63) is 41.7 Å². The van der Waals surface area contributed by atoms with Gasteiger partial charge in [0.05, 0.1) is 13.4 Å². The first-order valence-corrected chi connectivity index (χ1v) is 11.0. The van der Waals surface area contributed by atoms with Crippen LogP contribution >= 0.6 is 0 Å². The molecule has 0 bridgehead atoms. The van der Waals surface area contributed by atoms with Gasteiger partial charge in [-0.05, 0) is 54.7 Å². The molecule has 1 saturated heterocycles. The van der Waals surface area contributed by atoms with Crippen molar-refractivity contribution in [3.63, 3.8) is 0 Å². The summed E-state index contributed by atoms with van der Waals surface area (Å²) in [6.07, 6.45) is 5.09. The lowest BCUT2D eigenvalue weighted by Crippen LogP contribution is -2.28. The maximum atomic E-state index is 6.05. The molecule has 8 nitrogen and oxygen atoms in total. The number of anilines is 1. The normalized spacial score (nSPS) is 21.2. The number of benzene rings is 1. The first-order chi connectivity index (χ1) is 15.3. The van der Waals surface area contributed by atoms with E-state index in [1.54, 1.807) is 7.11 Å². The number of nitrogens with zero attached hydrogens (tertiary/aromatic N) is 5. The van der Waals surface area contributed by atoms with Crippen LogP contribution in [0.5, 0.6) is 5.75 Å². The van der Waals surface area contributed by atoms with Crippen LogP contribution in [0.1, 0.15) is 25.5 Å². The number of rotatable bonds is 4. The van der Waals surface area contributed by atoms with Crippen LogP contribution in [0.4, 0.5) is 5.95 Å². The predicted molar refractivity (Wildman–Crippen MR) is 118 cm³/mol. The lowest BCUT2D eigenvalue weighted by Gasteiger charge is -2.24. The zero-order chi connectivity index (χ0) is 20.8. The van der Waals surface area contributed by atoms with E-state index >= 15 is 0 Å². The number of nitrogens with one attached hydrogen (secondary N) is 1. The third-order valence-electron chi connectivity index (χ3n) is 6.46. The molecule has 0 aliphatic carbocycles. The van der Waals surface area contributed by atoms with Crippen molar-refractivity contribution >= 4 is 17.1 Å². The Labute approximate surface area is 180 Å². The molecule has 3 aliphatic rings. The lowest BCUT2D eigenvalue weighted by molar-refractivity contribution is -0.0298. The number of hydrogen-bond donors (Lipinski definition) is 1. The van der Waals surface area contributed by atoms with Gasteiger partial charge in [-0.25, -0.2) is 9.97 Å². The van der Waals surface area contributed by atoms with Crippen molar-refractivity contribution < 1.29 is 9.47 Å². The highest BCUT2D eigenvalue weighted by atomic mass is 16.5. The second-order valence-corrected chi connectivity index (χ2v) is 8.41. The second kappa shape index (κ2) is 7.62. The van der Waals surface area contributed by atoms with Gasteiger partial charge in [-0.3, -0.25) is 4.57 Å². The van der Waals surface area contributed by atoms with Crippen LogP contribution in [-0.2, 0) is 4.74 Å². The first kappa shape index (κ1) is 18.8. The zero-order valence-electron chi connectivity index (χ0n) is 17.7. The van der Waals surface area contributed by atoms with Crippen LogP contribution in [-0.4, -0.2) is 59.4 Å². The summed E-state index contributed by atoms with van der Waals surface area (Å²) in [5, 5.41) is 3.44. The minimum Gasteiger partial charge on any atom is -0.497 e. The van der Waals surface area contributed by atoms with E-state index in [1.807, 2.05) is 30.6 Å². The molecule has 0 radical (unpaired) electrons. The van der Waals surface area contributed by atoms with Crippen LogP contribution in [0.25, 0.3) is 22.4 Å². The molecule has 2 aromatic heterocycles. The molecule has 1 fully saturated rings. The maximum absolute atomic E-state index is 6.05. The molecule has 1 atom stereocenters. The van der Waals surface area contributed by atoms with Gasteiger partial charge in [-0.2, -0.15) is 4.98 Å². The minimum atomic E-state index is -0.0175. The van der Waals surface area contributed by atoms with E-state index in [1.165, 1.54) is 11.1 Å². The Morgan fingerprint density at radius 3 is 2.58 bits per heavy atom. The van der Waals surface area contributed by atoms with E-state index < -0.39 is 0 Å². The molecule has 3 aliphatic heterocycles. The second-order valence-electron chi connectivity index (χ2n) is 8.41. The van der Waals surface area contributed by atoms with E-state index in [9.17, 15) is 0 Å². The van der Waals surface area contributed by atoms with Gasteiger partial charge >= 0.3 is 0 Å². The third kappa shape index (κ3) is 3.26. The molecule has 160 valence electrons. The average molecular weight is 419 g/mol. The van der Waals surface area contributed by atoms with Crippen molar-refractivity contribution in [2.24, 2.45) is 0 Å². The molecule has 1 unspecified atom stereocenters. The Bertz CT molecular complexity index is 1130. The summed E-state index contributed by atoms with van der Waals surface area (Å²) in [4.78, 5) is 17.0. The molecule has 0 saturated carbocycles. The summed E-state index contributed by atoms with van der Waals surface area (Å²) in [6, 6.07) is 7.99. The van der Waals surface area contributed by atoms with E-state index in [2.05, 4.69) is 14.8 Å². The lowest BCUT2D eigenvalue weighted by atomic mass is 10.1. The molecule has 1 aromatic carbocycles. The van der Waals surface area contributed by atoms with Crippen molar-refractivity contribution in [3.8, 4) is 17.0 Å². The van der Waals surface area contributed by atoms with Gasteiger partial charge in [0.25, 0.3) is 0 Å². The number of imidazole rings is 1. The number of hydrogen-bond acceptors (Lipinski definition) is 7. The molecule has 6 rings (SSSR count). The van der Waals surface area contributed by atoms with Gasteiger partial charge < -0.3 is 19.7 Å². The summed E-state index contributed by atoms with van der Waals surface area (Å²) in [6.45, 7) is 4.47. The van der Waals surface area contributed by atoms with Gasteiger partial charge in [-0.1, -0.05) is 0 Å². The fourth-order valence-corrected chi connectivity index (χ4v) is 4.76. The van der Waals surface area contributed by atoms with Crippen LogP contribution in [0, 0.1) is 0 Å². The van der Waals surface area contributed by atoms with Crippen molar-refractivity contribution in [1.82, 2.24) is 24.8 Å². The Balaban J connectivity index is 1.46. The van der Waals surface area contributed by atoms with Crippen LogP contribution in [0.2, 0.25) is 0 Å². The number of fused-ring (bicyclic) bond motifs is 1. The average Bonchev–Trinajstić information content (AvgIpc) is 3.54. The van der Waals surface area contributed by atoms with E-state index in [-0.39, 0.29) is 6.23 Å². The topological polar surface area (TPSA) is 77.3 Å². The van der Waals surface area contributed by atoms with Gasteiger partial charge in [0, 0.05) is 38.3 Å². The molecule has 31 heavy (non-hydrogen) atoms. The quantitative estimate of drug-likeness (QED) is 0.653. The minimum absolute atomic E-state index is 0.0175. The van der Waals surface area contributed by atoms with E-state index in [0.29, 0.717) is 0 Å². The summed E-state index contributed by atoms with van der Waals surface area (Å²) >= 11 is 0. The summed E-state index contributed by atoms with van der Waals surface area (Å²) in [5.74, 6) is 1.58. The highest BCUT2D eigenvalue weighted by Gasteiger charge is 2.29. The smallest absolute Gasteiger partial charge is 0.228 e. The number of aromatic nitrogens is 4. The zero-order valence-corrected chi connectivity index (χ0v) is 17.7. The molecular formula is C23H26N6O2. The number of ether oxygens (including phenoxy) is 2. The molecule has 0 amide bonds. The van der Waals surface area contributed by atoms with Crippen LogP contribution in [0.15, 0.2) is 41.7 Å². The summed E-state index contributed by atoms with van der Waals surface area (Å²) < 4.78 is 13.5. The Morgan fingerprint density at radius 1 is 1.06 bits per heavy atom. The number of methoxy groups -OCH3 is 1. The summed E-state index contributed by atoms with van der Waals surface area (Å²) in [5.41, 5.74) is 6.45. The molecular weight excluding hydrogens is 392 g/mol. The van der Waals surface area contributed by atoms with Crippen molar-refractivity contribution in [2.75, 3.05) is 44.8 Å².